The van der Waals surface area contributed by atoms with Gasteiger partial charge in [-0.25, -0.2) is 4.79 Å². The highest BCUT2D eigenvalue weighted by Crippen LogP contribution is 2.33. The van der Waals surface area contributed by atoms with Crippen molar-refractivity contribution >= 4 is 11.9 Å². The number of rotatable bonds is 6. The molecule has 31 heavy (non-hydrogen) atoms. The summed E-state index contributed by atoms with van der Waals surface area (Å²) in [5, 5.41) is 11.6. The van der Waals surface area contributed by atoms with Gasteiger partial charge in [0.15, 0.2) is 0 Å². The van der Waals surface area contributed by atoms with E-state index in [1.807, 2.05) is 11.9 Å². The Hall–Kier alpha value is -2.91. The fourth-order valence-electron chi connectivity index (χ4n) is 3.47. The number of carboxylic acids is 1. The Morgan fingerprint density at radius 3 is 2.39 bits per heavy atom. The van der Waals surface area contributed by atoms with Crippen molar-refractivity contribution in [1.29, 1.82) is 0 Å². The van der Waals surface area contributed by atoms with E-state index in [1.165, 1.54) is 24.3 Å². The summed E-state index contributed by atoms with van der Waals surface area (Å²) in [6, 6.07) is 9.64. The minimum absolute atomic E-state index is 0.00432. The lowest BCUT2D eigenvalue weighted by atomic mass is 10.0. The second-order valence-electron chi connectivity index (χ2n) is 7.64. The number of nitrogens with zero attached hydrogens (tertiary/aromatic N) is 2. The molecule has 0 saturated carbocycles. The molecule has 1 fully saturated rings. The fourth-order valence-corrected chi connectivity index (χ4v) is 3.47. The molecular weight excluding hydrogens is 411 g/mol. The smallest absolute Gasteiger partial charge is 0.416 e. The molecule has 0 spiro atoms. The van der Waals surface area contributed by atoms with Crippen LogP contribution in [0.15, 0.2) is 42.5 Å². The number of likely N-dealkylation sites (N-methyl/N-ethyl adjacent to an activating group) is 1. The normalized spacial score (nSPS) is 15.6. The maximum Gasteiger partial charge on any atom is 0.416 e. The van der Waals surface area contributed by atoms with Crippen LogP contribution in [0.1, 0.15) is 37.4 Å². The Morgan fingerprint density at radius 2 is 1.74 bits per heavy atom. The Bertz CT molecular complexity index is 955. The zero-order valence-electron chi connectivity index (χ0n) is 17.1. The average Bonchev–Trinajstić information content (AvgIpc) is 2.73. The molecule has 1 amide bonds. The lowest BCUT2D eigenvalue weighted by Gasteiger charge is -2.33. The first-order chi connectivity index (χ1) is 14.6. The van der Waals surface area contributed by atoms with Crippen molar-refractivity contribution in [3.63, 3.8) is 0 Å². The van der Waals surface area contributed by atoms with Crippen molar-refractivity contribution in [2.75, 3.05) is 33.2 Å². The van der Waals surface area contributed by atoms with E-state index in [-0.39, 0.29) is 29.8 Å². The first kappa shape index (κ1) is 22.8. The second kappa shape index (κ2) is 9.49. The van der Waals surface area contributed by atoms with Crippen molar-refractivity contribution in [1.82, 2.24) is 15.1 Å². The summed E-state index contributed by atoms with van der Waals surface area (Å²) in [4.78, 5) is 27.6. The highest BCUT2D eigenvalue weighted by molar-refractivity contribution is 5.94. The van der Waals surface area contributed by atoms with E-state index < -0.39 is 23.6 Å². The lowest BCUT2D eigenvalue weighted by molar-refractivity contribution is -0.138. The van der Waals surface area contributed by atoms with Gasteiger partial charge in [0.2, 0.25) is 0 Å². The summed E-state index contributed by atoms with van der Waals surface area (Å²) in [6.07, 6.45) is -4.58. The number of hydrogen-bond donors (Lipinski definition) is 2. The first-order valence-corrected chi connectivity index (χ1v) is 9.85. The molecule has 0 radical (unpaired) electrons. The molecule has 0 aromatic heterocycles. The van der Waals surface area contributed by atoms with Gasteiger partial charge < -0.3 is 15.3 Å². The molecule has 0 bridgehead atoms. The third kappa shape index (κ3) is 6.05. The van der Waals surface area contributed by atoms with Gasteiger partial charge in [-0.3, -0.25) is 9.69 Å². The fraction of sp³-hybridized carbons (Fsp3) is 0.364. The third-order valence-corrected chi connectivity index (χ3v) is 5.29. The van der Waals surface area contributed by atoms with Crippen LogP contribution in [-0.4, -0.2) is 60.0 Å². The summed E-state index contributed by atoms with van der Waals surface area (Å²) >= 11 is 0. The van der Waals surface area contributed by atoms with E-state index in [9.17, 15) is 22.8 Å². The van der Waals surface area contributed by atoms with Crippen LogP contribution in [0.4, 0.5) is 13.2 Å². The molecule has 9 heteroatoms. The van der Waals surface area contributed by atoms with Gasteiger partial charge in [-0.2, -0.15) is 13.2 Å². The summed E-state index contributed by atoms with van der Waals surface area (Å²) in [7, 11) is 1.98. The van der Waals surface area contributed by atoms with E-state index in [1.54, 1.807) is 12.1 Å². The molecule has 0 aliphatic carbocycles. The monoisotopic (exact) mass is 435 g/mol. The zero-order valence-corrected chi connectivity index (χ0v) is 17.1. The molecule has 6 nitrogen and oxygen atoms in total. The maximum absolute atomic E-state index is 13.7. The van der Waals surface area contributed by atoms with Gasteiger partial charge in [0.05, 0.1) is 11.1 Å². The van der Waals surface area contributed by atoms with E-state index in [0.29, 0.717) is 18.7 Å². The maximum atomic E-state index is 13.7. The van der Waals surface area contributed by atoms with Crippen molar-refractivity contribution < 1.29 is 27.9 Å². The van der Waals surface area contributed by atoms with E-state index in [0.717, 1.165) is 19.2 Å². The molecule has 3 rings (SSSR count). The Kier molecular flexibility index (Phi) is 6.97. The highest BCUT2D eigenvalue weighted by Gasteiger charge is 2.34. The van der Waals surface area contributed by atoms with Crippen LogP contribution >= 0.6 is 0 Å². The van der Waals surface area contributed by atoms with E-state index in [2.05, 4.69) is 10.2 Å². The number of alkyl halides is 3. The Morgan fingerprint density at radius 1 is 1.03 bits per heavy atom. The lowest BCUT2D eigenvalue weighted by Crippen LogP contribution is -2.44. The minimum atomic E-state index is -4.58. The number of nitrogens with one attached hydrogen (secondary N) is 1. The molecule has 0 atom stereocenters. The minimum Gasteiger partial charge on any atom is -0.478 e. The molecule has 1 aliphatic rings. The predicted octanol–water partition coefficient (Wildman–Crippen LogP) is 3.08. The van der Waals surface area contributed by atoms with Crippen molar-refractivity contribution in [3.8, 4) is 0 Å². The molecule has 2 aromatic carbocycles. The van der Waals surface area contributed by atoms with Gasteiger partial charge in [-0.1, -0.05) is 18.2 Å². The highest BCUT2D eigenvalue weighted by atomic mass is 19.4. The molecule has 1 aliphatic heterocycles. The average molecular weight is 435 g/mol. The van der Waals surface area contributed by atoms with Crippen molar-refractivity contribution in [2.45, 2.75) is 19.3 Å². The number of halogens is 3. The first-order valence-electron chi connectivity index (χ1n) is 9.85. The number of aromatic carboxylic acids is 1. The number of carboxylic acid groups (broad SMARTS) is 1. The standard InChI is InChI=1S/C22H24F3N3O3/c1-27-7-9-28(10-8-27)14-18-6-5-16(12-19(18)22(23,24)25)20(29)26-13-15-3-2-4-17(11-15)21(30)31/h2-6,11-12H,7-10,13-14H2,1H3,(H,26,29)(H,30,31). The number of benzene rings is 2. The topological polar surface area (TPSA) is 72.9 Å². The number of amides is 1. The number of carbonyl (C=O) groups is 2. The Labute approximate surface area is 178 Å². The van der Waals surface area contributed by atoms with Crippen LogP contribution in [0.25, 0.3) is 0 Å². The van der Waals surface area contributed by atoms with Gasteiger partial charge in [0.1, 0.15) is 0 Å². The van der Waals surface area contributed by atoms with E-state index >= 15 is 0 Å². The number of piperazine rings is 1. The van der Waals surface area contributed by atoms with E-state index in [4.69, 9.17) is 5.11 Å². The van der Waals surface area contributed by atoms with Crippen LogP contribution < -0.4 is 5.32 Å². The van der Waals surface area contributed by atoms with Crippen LogP contribution in [0.2, 0.25) is 0 Å². The van der Waals surface area contributed by atoms with Crippen molar-refractivity contribution in [3.05, 3.63) is 70.3 Å². The predicted molar refractivity (Wildman–Crippen MR) is 109 cm³/mol. The molecule has 166 valence electrons. The molecule has 2 N–H and O–H groups in total. The van der Waals surface area contributed by atoms with Crippen LogP contribution in [0, 0.1) is 0 Å². The summed E-state index contributed by atoms with van der Waals surface area (Å²) in [6.45, 7) is 3.14. The molecule has 1 saturated heterocycles. The van der Waals surface area contributed by atoms with Gasteiger partial charge in [-0.15, -0.1) is 0 Å². The zero-order chi connectivity index (χ0) is 22.6. The SMILES string of the molecule is CN1CCN(Cc2ccc(C(=O)NCc3cccc(C(=O)O)c3)cc2C(F)(F)F)CC1. The molecular formula is C22H24F3N3O3. The van der Waals surface area contributed by atoms with Crippen LogP contribution in [-0.2, 0) is 19.3 Å². The summed E-state index contributed by atoms with van der Waals surface area (Å²) in [5.74, 6) is -1.75. The van der Waals surface area contributed by atoms with Gasteiger partial charge >= 0.3 is 12.1 Å². The number of carbonyl (C=O) groups excluding carboxylic acids is 1. The molecule has 0 unspecified atom stereocenters. The van der Waals surface area contributed by atoms with Crippen molar-refractivity contribution in [2.24, 2.45) is 0 Å². The summed E-state index contributed by atoms with van der Waals surface area (Å²) in [5.41, 5.74) is -0.158. The number of hydrogen-bond acceptors (Lipinski definition) is 4. The van der Waals surface area contributed by atoms with Gasteiger partial charge in [0.25, 0.3) is 5.91 Å². The van der Waals surface area contributed by atoms with Gasteiger partial charge in [-0.05, 0) is 42.4 Å². The second-order valence-corrected chi connectivity index (χ2v) is 7.64. The quantitative estimate of drug-likeness (QED) is 0.730. The summed E-state index contributed by atoms with van der Waals surface area (Å²) < 4.78 is 41.0. The third-order valence-electron chi connectivity index (χ3n) is 5.29. The van der Waals surface area contributed by atoms with Crippen LogP contribution in [0.3, 0.4) is 0 Å². The largest absolute Gasteiger partial charge is 0.478 e. The van der Waals surface area contributed by atoms with Crippen LogP contribution in [0.5, 0.6) is 0 Å². The Balaban J connectivity index is 1.73. The molecule has 2 aromatic rings. The van der Waals surface area contributed by atoms with Gasteiger partial charge in [0, 0.05) is 44.8 Å². The molecule has 1 heterocycles.